The highest BCUT2D eigenvalue weighted by molar-refractivity contribution is 7.18. The minimum Gasteiger partial charge on any atom is -0.344 e. The van der Waals surface area contributed by atoms with Crippen LogP contribution in [0.3, 0.4) is 0 Å². The predicted octanol–water partition coefficient (Wildman–Crippen LogP) is 3.81. The number of aromatic amines is 1. The molecule has 3 heteroatoms. The smallest absolute Gasteiger partial charge is 0.147 e. The Hall–Kier alpha value is -1.87. The van der Waals surface area contributed by atoms with E-state index in [1.807, 2.05) is 12.3 Å². The van der Waals surface area contributed by atoms with Gasteiger partial charge in [-0.3, -0.25) is 0 Å². The van der Waals surface area contributed by atoms with Crippen molar-refractivity contribution in [1.82, 2.24) is 9.97 Å². The maximum absolute atomic E-state index is 4.25. The summed E-state index contributed by atoms with van der Waals surface area (Å²) < 4.78 is 0. The Morgan fingerprint density at radius 1 is 0.938 bits per heavy atom. The lowest BCUT2D eigenvalue weighted by atomic mass is 10.2. The molecule has 2 aromatic heterocycles. The van der Waals surface area contributed by atoms with Gasteiger partial charge in [-0.25, -0.2) is 4.98 Å². The number of nitrogens with zero attached hydrogens (tertiary/aromatic N) is 1. The number of thiophene rings is 1. The average molecular weight is 226 g/mol. The lowest BCUT2D eigenvalue weighted by Gasteiger charge is -1.94. The summed E-state index contributed by atoms with van der Waals surface area (Å²) in [5.41, 5.74) is 1.25. The molecule has 3 rings (SSSR count). The van der Waals surface area contributed by atoms with Gasteiger partial charge < -0.3 is 4.98 Å². The summed E-state index contributed by atoms with van der Waals surface area (Å²) >= 11 is 1.75. The van der Waals surface area contributed by atoms with Crippen molar-refractivity contribution >= 4 is 11.3 Å². The topological polar surface area (TPSA) is 28.7 Å². The van der Waals surface area contributed by atoms with E-state index in [4.69, 9.17) is 0 Å². The standard InChI is InChI=1S/C13H10N2S/c1-2-4-10(5-3-1)11-6-7-12(16-11)13-14-8-9-15-13/h1-9H,(H,14,15). The van der Waals surface area contributed by atoms with Gasteiger partial charge >= 0.3 is 0 Å². The molecule has 0 amide bonds. The van der Waals surface area contributed by atoms with Gasteiger partial charge in [-0.2, -0.15) is 0 Å². The van der Waals surface area contributed by atoms with Gasteiger partial charge in [-0.1, -0.05) is 30.3 Å². The summed E-state index contributed by atoms with van der Waals surface area (Å²) in [6, 6.07) is 14.6. The molecule has 0 saturated heterocycles. The second-order valence-corrected chi connectivity index (χ2v) is 4.55. The Balaban J connectivity index is 2.00. The minimum atomic E-state index is 0.937. The fourth-order valence-electron chi connectivity index (χ4n) is 1.62. The van der Waals surface area contributed by atoms with Crippen molar-refractivity contribution in [2.75, 3.05) is 0 Å². The van der Waals surface area contributed by atoms with Crippen LogP contribution in [0.25, 0.3) is 21.1 Å². The summed E-state index contributed by atoms with van der Waals surface area (Å²) in [6.45, 7) is 0. The molecule has 0 radical (unpaired) electrons. The summed E-state index contributed by atoms with van der Waals surface area (Å²) in [4.78, 5) is 9.81. The molecule has 0 saturated carbocycles. The zero-order valence-electron chi connectivity index (χ0n) is 8.55. The molecule has 0 spiro atoms. The molecule has 2 heterocycles. The van der Waals surface area contributed by atoms with E-state index in [1.54, 1.807) is 17.5 Å². The van der Waals surface area contributed by atoms with Gasteiger partial charge in [0.25, 0.3) is 0 Å². The molecule has 3 aromatic rings. The number of benzene rings is 1. The molecule has 0 unspecified atom stereocenters. The van der Waals surface area contributed by atoms with Crippen molar-refractivity contribution in [2.24, 2.45) is 0 Å². The molecule has 0 aliphatic rings. The van der Waals surface area contributed by atoms with Gasteiger partial charge in [0.05, 0.1) is 4.88 Å². The van der Waals surface area contributed by atoms with Crippen molar-refractivity contribution in [3.05, 3.63) is 54.9 Å². The molecule has 0 bridgehead atoms. The van der Waals surface area contributed by atoms with Crippen LogP contribution in [0.5, 0.6) is 0 Å². The first-order chi connectivity index (χ1) is 7.93. The molecule has 16 heavy (non-hydrogen) atoms. The van der Waals surface area contributed by atoms with E-state index in [0.717, 1.165) is 5.82 Å². The zero-order chi connectivity index (χ0) is 10.8. The van der Waals surface area contributed by atoms with Crippen LogP contribution in [-0.2, 0) is 0 Å². The third-order valence-corrected chi connectivity index (χ3v) is 3.54. The summed E-state index contributed by atoms with van der Waals surface area (Å²) in [5, 5.41) is 0. The Morgan fingerprint density at radius 3 is 2.50 bits per heavy atom. The van der Waals surface area contributed by atoms with Crippen molar-refractivity contribution in [2.45, 2.75) is 0 Å². The lowest BCUT2D eigenvalue weighted by Crippen LogP contribution is -1.71. The van der Waals surface area contributed by atoms with Crippen LogP contribution in [0, 0.1) is 0 Å². The van der Waals surface area contributed by atoms with E-state index in [2.05, 4.69) is 46.4 Å². The monoisotopic (exact) mass is 226 g/mol. The van der Waals surface area contributed by atoms with E-state index >= 15 is 0 Å². The number of nitrogens with one attached hydrogen (secondary N) is 1. The zero-order valence-corrected chi connectivity index (χ0v) is 9.37. The SMILES string of the molecule is c1ccc(-c2ccc(-c3ncc[nH]3)s2)cc1. The fraction of sp³-hybridized carbons (Fsp3) is 0. The Morgan fingerprint density at radius 2 is 1.75 bits per heavy atom. The first-order valence-electron chi connectivity index (χ1n) is 5.08. The van der Waals surface area contributed by atoms with E-state index in [9.17, 15) is 0 Å². The third-order valence-electron chi connectivity index (χ3n) is 2.40. The van der Waals surface area contributed by atoms with E-state index < -0.39 is 0 Å². The van der Waals surface area contributed by atoms with Crippen molar-refractivity contribution < 1.29 is 0 Å². The average Bonchev–Trinajstić information content (AvgIpc) is 3.01. The van der Waals surface area contributed by atoms with Crippen molar-refractivity contribution in [3.63, 3.8) is 0 Å². The molecule has 0 fully saturated rings. The highest BCUT2D eigenvalue weighted by Gasteiger charge is 2.05. The molecule has 0 aliphatic carbocycles. The van der Waals surface area contributed by atoms with Crippen LogP contribution in [0.15, 0.2) is 54.9 Å². The second-order valence-electron chi connectivity index (χ2n) is 3.47. The van der Waals surface area contributed by atoms with Gasteiger partial charge in [-0.05, 0) is 17.7 Å². The highest BCUT2D eigenvalue weighted by atomic mass is 32.1. The number of H-pyrrole nitrogens is 1. The Labute approximate surface area is 97.6 Å². The maximum atomic E-state index is 4.25. The van der Waals surface area contributed by atoms with Crippen molar-refractivity contribution in [3.8, 4) is 21.1 Å². The maximum Gasteiger partial charge on any atom is 0.147 e. The Bertz CT molecular complexity index is 567. The molecule has 0 atom stereocenters. The molecule has 78 valence electrons. The molecule has 1 N–H and O–H groups in total. The number of hydrogen-bond donors (Lipinski definition) is 1. The van der Waals surface area contributed by atoms with Gasteiger partial charge in [-0.15, -0.1) is 11.3 Å². The fourth-order valence-corrected chi connectivity index (χ4v) is 2.59. The Kier molecular flexibility index (Phi) is 2.31. The number of aromatic nitrogens is 2. The van der Waals surface area contributed by atoms with Crippen LogP contribution in [0.2, 0.25) is 0 Å². The molecule has 2 nitrogen and oxygen atoms in total. The predicted molar refractivity (Wildman–Crippen MR) is 67.3 cm³/mol. The van der Waals surface area contributed by atoms with E-state index in [1.165, 1.54) is 15.3 Å². The molecular weight excluding hydrogens is 216 g/mol. The van der Waals surface area contributed by atoms with Crippen LogP contribution in [0.1, 0.15) is 0 Å². The van der Waals surface area contributed by atoms with Crippen LogP contribution in [-0.4, -0.2) is 9.97 Å². The normalized spacial score (nSPS) is 10.5. The molecule has 1 aromatic carbocycles. The summed E-state index contributed by atoms with van der Waals surface area (Å²) in [5.74, 6) is 0.937. The largest absolute Gasteiger partial charge is 0.344 e. The van der Waals surface area contributed by atoms with Crippen LogP contribution in [0.4, 0.5) is 0 Å². The number of hydrogen-bond acceptors (Lipinski definition) is 2. The number of rotatable bonds is 2. The quantitative estimate of drug-likeness (QED) is 0.707. The molecule has 0 aliphatic heterocycles. The first kappa shape index (κ1) is 9.36. The van der Waals surface area contributed by atoms with Gasteiger partial charge in [0, 0.05) is 17.3 Å². The minimum absolute atomic E-state index is 0.937. The highest BCUT2D eigenvalue weighted by Crippen LogP contribution is 2.32. The third kappa shape index (κ3) is 1.66. The lowest BCUT2D eigenvalue weighted by molar-refractivity contribution is 1.33. The van der Waals surface area contributed by atoms with Gasteiger partial charge in [0.1, 0.15) is 5.82 Å². The van der Waals surface area contributed by atoms with Crippen molar-refractivity contribution in [1.29, 1.82) is 0 Å². The summed E-state index contributed by atoms with van der Waals surface area (Å²) in [7, 11) is 0. The van der Waals surface area contributed by atoms with Gasteiger partial charge in [0.15, 0.2) is 0 Å². The van der Waals surface area contributed by atoms with Crippen LogP contribution >= 0.6 is 11.3 Å². The van der Waals surface area contributed by atoms with E-state index in [0.29, 0.717) is 0 Å². The number of imidazole rings is 1. The van der Waals surface area contributed by atoms with Gasteiger partial charge in [0.2, 0.25) is 0 Å². The summed E-state index contributed by atoms with van der Waals surface area (Å²) in [6.07, 6.45) is 3.62. The first-order valence-corrected chi connectivity index (χ1v) is 5.90. The van der Waals surface area contributed by atoms with Crippen LogP contribution < -0.4 is 0 Å². The van der Waals surface area contributed by atoms with E-state index in [-0.39, 0.29) is 0 Å². The second kappa shape index (κ2) is 3.94. The molecular formula is C13H10N2S.